The zero-order chi connectivity index (χ0) is 13.9. The van der Waals surface area contributed by atoms with E-state index in [2.05, 4.69) is 9.63 Å². The zero-order valence-corrected chi connectivity index (χ0v) is 11.8. The number of hydrogen-bond acceptors (Lipinski definition) is 5. The Morgan fingerprint density at radius 2 is 2.15 bits per heavy atom. The number of benzene rings is 2. The molecule has 1 aliphatic rings. The molecular formula is C14H9ClN2O2S. The number of rotatable bonds is 2. The van der Waals surface area contributed by atoms with Crippen molar-refractivity contribution < 1.29 is 9.53 Å². The van der Waals surface area contributed by atoms with E-state index in [9.17, 15) is 4.79 Å². The zero-order valence-electron chi connectivity index (χ0n) is 10.2. The van der Waals surface area contributed by atoms with Crippen molar-refractivity contribution in [2.75, 3.05) is 0 Å². The first-order valence-electron chi connectivity index (χ1n) is 5.87. The minimum atomic E-state index is -0.435. The Bertz CT molecular complexity index is 703. The molecule has 0 spiro atoms. The number of nitrogens with zero attached hydrogens (tertiary/aromatic N) is 2. The Labute approximate surface area is 124 Å². The Morgan fingerprint density at radius 1 is 1.25 bits per heavy atom. The molecule has 4 nitrogen and oxygen atoms in total. The van der Waals surface area contributed by atoms with E-state index >= 15 is 0 Å². The van der Waals surface area contributed by atoms with Gasteiger partial charge < -0.3 is 4.74 Å². The van der Waals surface area contributed by atoms with Crippen molar-refractivity contribution in [1.82, 2.24) is 0 Å². The summed E-state index contributed by atoms with van der Waals surface area (Å²) in [4.78, 5) is 13.0. The van der Waals surface area contributed by atoms with Gasteiger partial charge in [-0.2, -0.15) is 5.11 Å². The van der Waals surface area contributed by atoms with Crippen LogP contribution in [0, 0.1) is 0 Å². The average Bonchev–Trinajstić information content (AvgIpc) is 2.47. The molecule has 0 atom stereocenters. The summed E-state index contributed by atoms with van der Waals surface area (Å²) in [6.45, 7) is 0.560. The Balaban J connectivity index is 1.80. The molecule has 1 aliphatic heterocycles. The van der Waals surface area contributed by atoms with Crippen molar-refractivity contribution >= 4 is 29.5 Å². The molecule has 1 heterocycles. The van der Waals surface area contributed by atoms with Crippen LogP contribution in [0.4, 0.5) is 0 Å². The number of carbonyl (C=O) groups is 1. The van der Waals surface area contributed by atoms with Gasteiger partial charge in [0.05, 0.1) is 12.1 Å². The molecule has 100 valence electrons. The van der Waals surface area contributed by atoms with Crippen LogP contribution in [0.2, 0.25) is 5.02 Å². The second kappa shape index (κ2) is 5.64. The Morgan fingerprint density at radius 3 is 3.00 bits per heavy atom. The maximum atomic E-state index is 12.0. The third-order valence-electron chi connectivity index (χ3n) is 2.75. The first kappa shape index (κ1) is 13.1. The SMILES string of the molecule is O=C(Oc1ccc2c(c1)SN=NC2)c1cccc(Cl)c1. The van der Waals surface area contributed by atoms with Crippen molar-refractivity contribution in [3.05, 3.63) is 58.6 Å². The molecule has 0 fully saturated rings. The summed E-state index contributed by atoms with van der Waals surface area (Å²) in [6.07, 6.45) is 0. The van der Waals surface area contributed by atoms with Crippen LogP contribution in [0.1, 0.15) is 15.9 Å². The van der Waals surface area contributed by atoms with Crippen molar-refractivity contribution in [1.29, 1.82) is 0 Å². The van der Waals surface area contributed by atoms with E-state index in [1.807, 2.05) is 6.07 Å². The second-order valence-electron chi connectivity index (χ2n) is 4.14. The first-order chi connectivity index (χ1) is 9.72. The highest BCUT2D eigenvalue weighted by molar-refractivity contribution is 7.98. The number of hydrogen-bond donors (Lipinski definition) is 0. The summed E-state index contributed by atoms with van der Waals surface area (Å²) in [6, 6.07) is 12.1. The monoisotopic (exact) mass is 304 g/mol. The fourth-order valence-electron chi connectivity index (χ4n) is 1.77. The van der Waals surface area contributed by atoms with Gasteiger partial charge in [0.25, 0.3) is 0 Å². The lowest BCUT2D eigenvalue weighted by Crippen LogP contribution is -2.08. The number of halogens is 1. The predicted octanol–water partition coefficient (Wildman–Crippen LogP) is 4.53. The highest BCUT2D eigenvalue weighted by Gasteiger charge is 2.13. The van der Waals surface area contributed by atoms with Crippen molar-refractivity contribution in [3.63, 3.8) is 0 Å². The Hall–Kier alpha value is -1.85. The van der Waals surface area contributed by atoms with Gasteiger partial charge in [0, 0.05) is 21.9 Å². The molecule has 0 aliphatic carbocycles. The van der Waals surface area contributed by atoms with Gasteiger partial charge in [0.1, 0.15) is 5.75 Å². The van der Waals surface area contributed by atoms with E-state index in [-0.39, 0.29) is 0 Å². The van der Waals surface area contributed by atoms with E-state index in [1.54, 1.807) is 36.4 Å². The van der Waals surface area contributed by atoms with E-state index in [4.69, 9.17) is 16.3 Å². The van der Waals surface area contributed by atoms with E-state index in [1.165, 1.54) is 11.9 Å². The lowest BCUT2D eigenvalue weighted by atomic mass is 10.2. The van der Waals surface area contributed by atoms with Crippen LogP contribution >= 0.6 is 23.5 Å². The third-order valence-corrected chi connectivity index (χ3v) is 3.76. The highest BCUT2D eigenvalue weighted by atomic mass is 35.5. The summed E-state index contributed by atoms with van der Waals surface area (Å²) in [5.41, 5.74) is 1.50. The summed E-state index contributed by atoms with van der Waals surface area (Å²) < 4.78 is 9.23. The van der Waals surface area contributed by atoms with Crippen molar-refractivity contribution in [3.8, 4) is 5.75 Å². The number of esters is 1. The van der Waals surface area contributed by atoms with Crippen LogP contribution in [0.15, 0.2) is 57.0 Å². The van der Waals surface area contributed by atoms with Crippen molar-refractivity contribution in [2.24, 2.45) is 9.63 Å². The predicted molar refractivity (Wildman–Crippen MR) is 77.3 cm³/mol. The van der Waals surface area contributed by atoms with Gasteiger partial charge >= 0.3 is 5.97 Å². The van der Waals surface area contributed by atoms with Gasteiger partial charge in [-0.25, -0.2) is 4.79 Å². The molecule has 0 unspecified atom stereocenters. The first-order valence-corrected chi connectivity index (χ1v) is 7.02. The molecule has 0 bridgehead atoms. The summed E-state index contributed by atoms with van der Waals surface area (Å²) >= 11 is 7.13. The summed E-state index contributed by atoms with van der Waals surface area (Å²) in [5, 5.41) is 4.43. The molecule has 0 saturated carbocycles. The second-order valence-corrected chi connectivity index (χ2v) is 5.36. The maximum Gasteiger partial charge on any atom is 0.343 e. The lowest BCUT2D eigenvalue weighted by Gasteiger charge is -2.10. The van der Waals surface area contributed by atoms with Crippen LogP contribution < -0.4 is 4.74 Å². The maximum absolute atomic E-state index is 12.0. The minimum absolute atomic E-state index is 0.419. The van der Waals surface area contributed by atoms with Gasteiger partial charge in [-0.1, -0.05) is 23.7 Å². The number of carbonyl (C=O) groups excluding carboxylic acids is 1. The molecule has 0 saturated heterocycles. The highest BCUT2D eigenvalue weighted by Crippen LogP contribution is 2.32. The normalized spacial score (nSPS) is 12.8. The van der Waals surface area contributed by atoms with Gasteiger partial charge in [-0.3, -0.25) is 0 Å². The lowest BCUT2D eigenvalue weighted by molar-refractivity contribution is 0.0734. The van der Waals surface area contributed by atoms with Gasteiger partial charge in [0.2, 0.25) is 0 Å². The van der Waals surface area contributed by atoms with E-state index < -0.39 is 5.97 Å². The Kier molecular flexibility index (Phi) is 3.71. The van der Waals surface area contributed by atoms with E-state index in [0.717, 1.165) is 10.5 Å². The fourth-order valence-corrected chi connectivity index (χ4v) is 2.59. The van der Waals surface area contributed by atoms with Gasteiger partial charge in [-0.05, 0) is 35.9 Å². The number of ether oxygens (including phenoxy) is 1. The van der Waals surface area contributed by atoms with Crippen LogP contribution in [0.25, 0.3) is 0 Å². The molecule has 3 rings (SSSR count). The molecule has 2 aromatic rings. The molecule has 0 amide bonds. The van der Waals surface area contributed by atoms with Crippen LogP contribution in [-0.2, 0) is 6.54 Å². The fraction of sp³-hybridized carbons (Fsp3) is 0.0714. The topological polar surface area (TPSA) is 51.0 Å². The average molecular weight is 305 g/mol. The molecule has 0 aromatic heterocycles. The molecular weight excluding hydrogens is 296 g/mol. The molecule has 20 heavy (non-hydrogen) atoms. The van der Waals surface area contributed by atoms with Crippen LogP contribution in [-0.4, -0.2) is 5.97 Å². The standard InChI is InChI=1S/C14H9ClN2O2S/c15-11-3-1-2-9(6-11)14(18)19-12-5-4-10-8-16-17-20-13(10)7-12/h1-7H,8H2. The quantitative estimate of drug-likeness (QED) is 0.465. The van der Waals surface area contributed by atoms with Gasteiger partial charge in [0.15, 0.2) is 0 Å². The smallest absolute Gasteiger partial charge is 0.343 e. The molecule has 0 N–H and O–H groups in total. The number of fused-ring (bicyclic) bond motifs is 1. The molecule has 6 heteroatoms. The van der Waals surface area contributed by atoms with Crippen molar-refractivity contribution in [2.45, 2.75) is 11.4 Å². The summed E-state index contributed by atoms with van der Waals surface area (Å²) in [7, 11) is 0. The summed E-state index contributed by atoms with van der Waals surface area (Å²) in [5.74, 6) is 0.0493. The third kappa shape index (κ3) is 2.84. The minimum Gasteiger partial charge on any atom is -0.423 e. The van der Waals surface area contributed by atoms with Crippen LogP contribution in [0.5, 0.6) is 5.75 Å². The molecule has 2 aromatic carbocycles. The van der Waals surface area contributed by atoms with Crippen LogP contribution in [0.3, 0.4) is 0 Å². The van der Waals surface area contributed by atoms with Gasteiger partial charge in [-0.15, -0.1) is 4.52 Å². The molecule has 0 radical (unpaired) electrons. The largest absolute Gasteiger partial charge is 0.423 e. The van der Waals surface area contributed by atoms with E-state index in [0.29, 0.717) is 22.9 Å².